The normalized spacial score (nSPS) is 14.3. The van der Waals surface area contributed by atoms with Crippen molar-refractivity contribution in [3.8, 4) is 11.6 Å². The van der Waals surface area contributed by atoms with E-state index < -0.39 is 0 Å². The van der Waals surface area contributed by atoms with Gasteiger partial charge in [0.1, 0.15) is 11.6 Å². The first-order chi connectivity index (χ1) is 9.70. The van der Waals surface area contributed by atoms with E-state index in [0.29, 0.717) is 29.2 Å². The van der Waals surface area contributed by atoms with E-state index in [1.165, 1.54) is 25.0 Å². The quantitative estimate of drug-likeness (QED) is 0.907. The minimum atomic E-state index is -0.341. The molecule has 3 nitrogen and oxygen atoms in total. The van der Waals surface area contributed by atoms with Crippen LogP contribution in [0.3, 0.4) is 0 Å². The Morgan fingerprint density at radius 1 is 1.35 bits per heavy atom. The Morgan fingerprint density at radius 3 is 2.95 bits per heavy atom. The summed E-state index contributed by atoms with van der Waals surface area (Å²) in [4.78, 5) is 4.10. The summed E-state index contributed by atoms with van der Waals surface area (Å²) in [5.41, 5.74) is 0.931. The zero-order valence-corrected chi connectivity index (χ0v) is 11.5. The number of nitrogens with zero attached hydrogens (tertiary/aromatic N) is 1. The molecule has 0 bridgehead atoms. The van der Waals surface area contributed by atoms with E-state index in [4.69, 9.17) is 16.3 Å². The first-order valence-corrected chi connectivity index (χ1v) is 6.90. The lowest BCUT2D eigenvalue weighted by atomic mass is 10.2. The Balaban J connectivity index is 1.73. The molecule has 0 spiro atoms. The fourth-order valence-electron chi connectivity index (χ4n) is 1.84. The van der Waals surface area contributed by atoms with Gasteiger partial charge in [-0.3, -0.25) is 0 Å². The molecule has 1 aliphatic carbocycles. The lowest BCUT2D eigenvalue weighted by molar-refractivity contribution is 0.457. The molecule has 0 atom stereocenters. The average Bonchev–Trinajstić information content (AvgIpc) is 3.23. The molecular formula is C15H14ClFN2O. The summed E-state index contributed by atoms with van der Waals surface area (Å²) in [5.74, 6) is 0.487. The van der Waals surface area contributed by atoms with Gasteiger partial charge in [0.25, 0.3) is 0 Å². The predicted octanol–water partition coefficient (Wildman–Crippen LogP) is 3.92. The molecule has 3 rings (SSSR count). The predicted molar refractivity (Wildman–Crippen MR) is 75.6 cm³/mol. The fraction of sp³-hybridized carbons (Fsp3) is 0.267. The Kier molecular flexibility index (Phi) is 3.85. The molecule has 0 radical (unpaired) electrons. The van der Waals surface area contributed by atoms with Gasteiger partial charge in [-0.05, 0) is 30.5 Å². The summed E-state index contributed by atoms with van der Waals surface area (Å²) in [6, 6.07) is 8.35. The van der Waals surface area contributed by atoms with Crippen molar-refractivity contribution in [2.45, 2.75) is 25.4 Å². The first kappa shape index (κ1) is 13.3. The minimum Gasteiger partial charge on any atom is -0.439 e. The Bertz CT molecular complexity index is 617. The molecule has 0 aliphatic heterocycles. The second-order valence-electron chi connectivity index (χ2n) is 4.83. The number of hydrogen-bond acceptors (Lipinski definition) is 3. The summed E-state index contributed by atoms with van der Waals surface area (Å²) in [6.45, 7) is 0.686. The molecule has 5 heteroatoms. The zero-order chi connectivity index (χ0) is 13.9. The van der Waals surface area contributed by atoms with Crippen molar-refractivity contribution in [3.05, 3.63) is 52.9 Å². The van der Waals surface area contributed by atoms with Crippen LogP contribution >= 0.6 is 11.6 Å². The number of aromatic nitrogens is 1. The topological polar surface area (TPSA) is 34.1 Å². The van der Waals surface area contributed by atoms with E-state index in [-0.39, 0.29) is 5.82 Å². The Morgan fingerprint density at radius 2 is 2.20 bits per heavy atom. The molecule has 2 aromatic rings. The number of halogens is 2. The van der Waals surface area contributed by atoms with Crippen LogP contribution in [-0.2, 0) is 6.54 Å². The van der Waals surface area contributed by atoms with Gasteiger partial charge in [0, 0.05) is 30.9 Å². The van der Waals surface area contributed by atoms with Crippen molar-refractivity contribution in [3.63, 3.8) is 0 Å². The van der Waals surface area contributed by atoms with Gasteiger partial charge in [0.15, 0.2) is 0 Å². The van der Waals surface area contributed by atoms with Gasteiger partial charge >= 0.3 is 0 Å². The van der Waals surface area contributed by atoms with E-state index >= 15 is 0 Å². The van der Waals surface area contributed by atoms with Gasteiger partial charge in [0.05, 0.1) is 5.02 Å². The molecule has 1 aliphatic rings. The summed E-state index contributed by atoms with van der Waals surface area (Å²) in [5, 5.41) is 3.99. The molecule has 1 heterocycles. The van der Waals surface area contributed by atoms with Gasteiger partial charge in [-0.2, -0.15) is 0 Å². The summed E-state index contributed by atoms with van der Waals surface area (Å²) in [6.07, 6.45) is 3.99. The van der Waals surface area contributed by atoms with Crippen LogP contribution in [0.2, 0.25) is 5.02 Å². The van der Waals surface area contributed by atoms with E-state index in [9.17, 15) is 4.39 Å². The smallest absolute Gasteiger partial charge is 0.219 e. The number of benzene rings is 1. The zero-order valence-electron chi connectivity index (χ0n) is 10.8. The van der Waals surface area contributed by atoms with Crippen molar-refractivity contribution in [1.82, 2.24) is 10.3 Å². The Labute approximate surface area is 121 Å². The maximum Gasteiger partial charge on any atom is 0.219 e. The van der Waals surface area contributed by atoms with Crippen LogP contribution < -0.4 is 10.1 Å². The van der Waals surface area contributed by atoms with Crippen molar-refractivity contribution in [1.29, 1.82) is 0 Å². The van der Waals surface area contributed by atoms with Gasteiger partial charge in [-0.1, -0.05) is 17.7 Å². The minimum absolute atomic E-state index is 0.341. The summed E-state index contributed by atoms with van der Waals surface area (Å²) < 4.78 is 18.6. The van der Waals surface area contributed by atoms with Crippen LogP contribution in [0, 0.1) is 5.82 Å². The molecule has 104 valence electrons. The number of nitrogens with one attached hydrogen (secondary N) is 1. The highest BCUT2D eigenvalue weighted by molar-refractivity contribution is 6.31. The third-order valence-electron chi connectivity index (χ3n) is 3.09. The summed E-state index contributed by atoms with van der Waals surface area (Å²) >= 11 is 6.11. The van der Waals surface area contributed by atoms with Crippen LogP contribution in [0.5, 0.6) is 11.6 Å². The van der Waals surface area contributed by atoms with Crippen LogP contribution in [-0.4, -0.2) is 11.0 Å². The highest BCUT2D eigenvalue weighted by Crippen LogP contribution is 2.25. The van der Waals surface area contributed by atoms with Crippen molar-refractivity contribution < 1.29 is 9.13 Å². The van der Waals surface area contributed by atoms with Crippen LogP contribution in [0.25, 0.3) is 0 Å². The number of hydrogen-bond donors (Lipinski definition) is 1. The monoisotopic (exact) mass is 292 g/mol. The van der Waals surface area contributed by atoms with Crippen molar-refractivity contribution in [2.75, 3.05) is 0 Å². The van der Waals surface area contributed by atoms with Crippen molar-refractivity contribution >= 4 is 11.6 Å². The van der Waals surface area contributed by atoms with Crippen LogP contribution in [0.15, 0.2) is 36.5 Å². The second-order valence-corrected chi connectivity index (χ2v) is 5.24. The highest BCUT2D eigenvalue weighted by Gasteiger charge is 2.20. The maximum atomic E-state index is 13.1. The van der Waals surface area contributed by atoms with E-state index in [0.717, 1.165) is 5.56 Å². The summed E-state index contributed by atoms with van der Waals surface area (Å²) in [7, 11) is 0. The van der Waals surface area contributed by atoms with Gasteiger partial charge in [-0.15, -0.1) is 0 Å². The van der Waals surface area contributed by atoms with Gasteiger partial charge in [-0.25, -0.2) is 9.37 Å². The maximum absolute atomic E-state index is 13.1. The van der Waals surface area contributed by atoms with E-state index in [1.807, 2.05) is 0 Å². The van der Waals surface area contributed by atoms with E-state index in [2.05, 4.69) is 10.3 Å². The second kappa shape index (κ2) is 5.77. The van der Waals surface area contributed by atoms with Gasteiger partial charge in [0.2, 0.25) is 5.88 Å². The van der Waals surface area contributed by atoms with Gasteiger partial charge < -0.3 is 10.1 Å². The number of rotatable bonds is 5. The molecule has 1 aromatic heterocycles. The molecule has 0 amide bonds. The first-order valence-electron chi connectivity index (χ1n) is 6.52. The SMILES string of the molecule is Fc1cccc(Oc2cc(CNC3CC3)c(Cl)cn2)c1. The molecule has 1 fully saturated rings. The molecule has 0 saturated heterocycles. The number of pyridine rings is 1. The van der Waals surface area contributed by atoms with E-state index in [1.54, 1.807) is 24.4 Å². The molecule has 1 aromatic carbocycles. The third kappa shape index (κ3) is 3.46. The highest BCUT2D eigenvalue weighted by atomic mass is 35.5. The molecule has 1 N–H and O–H groups in total. The fourth-order valence-corrected chi connectivity index (χ4v) is 2.01. The molecular weight excluding hydrogens is 279 g/mol. The molecule has 0 unspecified atom stereocenters. The molecule has 1 saturated carbocycles. The third-order valence-corrected chi connectivity index (χ3v) is 3.43. The number of ether oxygens (including phenoxy) is 1. The largest absolute Gasteiger partial charge is 0.439 e. The lowest BCUT2D eigenvalue weighted by Gasteiger charge is -2.09. The van der Waals surface area contributed by atoms with Crippen LogP contribution in [0.4, 0.5) is 4.39 Å². The lowest BCUT2D eigenvalue weighted by Crippen LogP contribution is -2.15. The Hall–Kier alpha value is -1.65. The van der Waals surface area contributed by atoms with Crippen LogP contribution in [0.1, 0.15) is 18.4 Å². The average molecular weight is 293 g/mol. The molecule has 20 heavy (non-hydrogen) atoms. The standard InChI is InChI=1S/C15H14ClFN2O/c16-14-9-19-15(6-10(14)8-18-12-4-5-12)20-13-3-1-2-11(17)7-13/h1-3,6-7,9,12,18H,4-5,8H2. The van der Waals surface area contributed by atoms with Crippen molar-refractivity contribution in [2.24, 2.45) is 0 Å².